The Labute approximate surface area is 185 Å². The molecule has 2 aromatic carbocycles. The van der Waals surface area contributed by atoms with Gasteiger partial charge in [0.2, 0.25) is 10.0 Å². The number of amides is 1. The first kappa shape index (κ1) is 21.7. The molecule has 1 N–H and O–H groups in total. The second kappa shape index (κ2) is 8.57. The summed E-state index contributed by atoms with van der Waals surface area (Å²) in [7, 11) is -3.63. The van der Waals surface area contributed by atoms with E-state index in [1.54, 1.807) is 28.8 Å². The number of sulfonamides is 1. The maximum atomic E-state index is 13.0. The van der Waals surface area contributed by atoms with Crippen molar-refractivity contribution in [2.24, 2.45) is 5.92 Å². The van der Waals surface area contributed by atoms with Gasteiger partial charge in [0, 0.05) is 30.9 Å². The van der Waals surface area contributed by atoms with E-state index in [-0.39, 0.29) is 15.3 Å². The van der Waals surface area contributed by atoms with Gasteiger partial charge < -0.3 is 5.32 Å². The van der Waals surface area contributed by atoms with E-state index < -0.39 is 15.9 Å². The number of anilines is 1. The summed E-state index contributed by atoms with van der Waals surface area (Å²) in [5.41, 5.74) is 1.66. The van der Waals surface area contributed by atoms with Crippen LogP contribution in [0.5, 0.6) is 0 Å². The Bertz CT molecular complexity index is 1290. The van der Waals surface area contributed by atoms with E-state index in [0.29, 0.717) is 31.2 Å². The predicted molar refractivity (Wildman–Crippen MR) is 123 cm³/mol. The molecule has 31 heavy (non-hydrogen) atoms. The van der Waals surface area contributed by atoms with E-state index in [2.05, 4.69) is 12.2 Å². The van der Waals surface area contributed by atoms with E-state index in [9.17, 15) is 18.0 Å². The van der Waals surface area contributed by atoms with Crippen LogP contribution in [0.15, 0.2) is 52.2 Å². The molecule has 9 heteroatoms. The normalized spacial score (nSPS) is 15.9. The van der Waals surface area contributed by atoms with Crippen LogP contribution in [-0.2, 0) is 16.6 Å². The van der Waals surface area contributed by atoms with Crippen molar-refractivity contribution in [1.29, 1.82) is 0 Å². The van der Waals surface area contributed by atoms with Crippen molar-refractivity contribution in [3.63, 3.8) is 0 Å². The summed E-state index contributed by atoms with van der Waals surface area (Å²) in [6.07, 6.45) is 1.68. The fourth-order valence-corrected chi connectivity index (χ4v) is 6.33. The number of rotatable bonds is 5. The zero-order chi connectivity index (χ0) is 22.2. The molecule has 0 aliphatic carbocycles. The lowest BCUT2D eigenvalue weighted by molar-refractivity contribution is 0.102. The van der Waals surface area contributed by atoms with Crippen LogP contribution in [0.25, 0.3) is 10.2 Å². The van der Waals surface area contributed by atoms with Crippen LogP contribution in [0, 0.1) is 5.92 Å². The summed E-state index contributed by atoms with van der Waals surface area (Å²) in [6, 6.07) is 11.5. The highest BCUT2D eigenvalue weighted by atomic mass is 32.2. The summed E-state index contributed by atoms with van der Waals surface area (Å²) in [5.74, 6) is 0.125. The molecule has 1 aromatic heterocycles. The topological polar surface area (TPSA) is 88.5 Å². The van der Waals surface area contributed by atoms with Crippen LogP contribution < -0.4 is 10.2 Å². The molecule has 0 saturated carbocycles. The molecular formula is C22H25N3O4S2. The third-order valence-electron chi connectivity index (χ3n) is 5.72. The van der Waals surface area contributed by atoms with Crippen molar-refractivity contribution in [3.05, 3.63) is 57.7 Å². The molecule has 1 aliphatic rings. The maximum Gasteiger partial charge on any atom is 0.308 e. The molecule has 0 atom stereocenters. The Morgan fingerprint density at radius 1 is 1.16 bits per heavy atom. The lowest BCUT2D eigenvalue weighted by atomic mass is 10.0. The molecular weight excluding hydrogens is 434 g/mol. The number of carbonyl (C=O) groups is 1. The van der Waals surface area contributed by atoms with Gasteiger partial charge in [-0.3, -0.25) is 14.2 Å². The molecule has 7 nitrogen and oxygen atoms in total. The van der Waals surface area contributed by atoms with Crippen LogP contribution in [0.4, 0.5) is 5.69 Å². The van der Waals surface area contributed by atoms with Crippen LogP contribution in [0.3, 0.4) is 0 Å². The first-order chi connectivity index (χ1) is 14.8. The molecule has 0 unspecified atom stereocenters. The van der Waals surface area contributed by atoms with Crippen molar-refractivity contribution in [2.75, 3.05) is 18.4 Å². The van der Waals surface area contributed by atoms with Crippen LogP contribution in [-0.4, -0.2) is 36.3 Å². The third-order valence-corrected chi connectivity index (χ3v) is 8.56. The summed E-state index contributed by atoms with van der Waals surface area (Å²) in [6.45, 7) is 5.62. The maximum absolute atomic E-state index is 13.0. The lowest BCUT2D eigenvalue weighted by Crippen LogP contribution is -2.37. The van der Waals surface area contributed by atoms with E-state index in [1.165, 1.54) is 16.4 Å². The Morgan fingerprint density at radius 3 is 2.61 bits per heavy atom. The highest BCUT2D eigenvalue weighted by Crippen LogP contribution is 2.25. The summed E-state index contributed by atoms with van der Waals surface area (Å²) < 4.78 is 30.0. The molecule has 1 amide bonds. The molecule has 4 rings (SSSR count). The number of thiazole rings is 1. The Hall–Kier alpha value is -2.49. The number of aromatic nitrogens is 1. The summed E-state index contributed by atoms with van der Waals surface area (Å²) >= 11 is 1.13. The smallest absolute Gasteiger partial charge is 0.308 e. The number of hydrogen-bond donors (Lipinski definition) is 1. The second-order valence-corrected chi connectivity index (χ2v) is 10.8. The van der Waals surface area contributed by atoms with Gasteiger partial charge in [-0.15, -0.1) is 0 Å². The van der Waals surface area contributed by atoms with Crippen LogP contribution >= 0.6 is 11.3 Å². The van der Waals surface area contributed by atoms with Crippen LogP contribution in [0.1, 0.15) is 37.0 Å². The van der Waals surface area contributed by atoms with E-state index in [4.69, 9.17) is 0 Å². The van der Waals surface area contributed by atoms with Gasteiger partial charge in [0.1, 0.15) is 0 Å². The summed E-state index contributed by atoms with van der Waals surface area (Å²) in [5, 5.41) is 2.81. The second-order valence-electron chi connectivity index (χ2n) is 7.86. The van der Waals surface area contributed by atoms with Gasteiger partial charge in [-0.25, -0.2) is 8.42 Å². The van der Waals surface area contributed by atoms with E-state index in [0.717, 1.165) is 34.4 Å². The molecule has 1 fully saturated rings. The molecule has 1 saturated heterocycles. The third kappa shape index (κ3) is 4.30. The highest BCUT2D eigenvalue weighted by Gasteiger charge is 2.28. The van der Waals surface area contributed by atoms with Gasteiger partial charge in [-0.2, -0.15) is 4.31 Å². The van der Waals surface area contributed by atoms with E-state index >= 15 is 0 Å². The SMILES string of the molecule is CCn1c(=O)sc2cc(NC(=O)c3cccc(S(=O)(=O)N4CCC(C)CC4)c3)ccc21. The fourth-order valence-electron chi connectivity index (χ4n) is 3.82. The average molecular weight is 460 g/mol. The first-order valence-corrected chi connectivity index (χ1v) is 12.6. The zero-order valence-corrected chi connectivity index (χ0v) is 19.1. The van der Waals surface area contributed by atoms with Crippen molar-refractivity contribution < 1.29 is 13.2 Å². The van der Waals surface area contributed by atoms with Gasteiger partial charge >= 0.3 is 4.87 Å². The van der Waals surface area contributed by atoms with E-state index in [1.807, 2.05) is 13.0 Å². The minimum Gasteiger partial charge on any atom is -0.322 e. The molecule has 1 aliphatic heterocycles. The first-order valence-electron chi connectivity index (χ1n) is 10.3. The number of aryl methyl sites for hydroxylation is 1. The lowest BCUT2D eigenvalue weighted by Gasteiger charge is -2.29. The average Bonchev–Trinajstić information content (AvgIpc) is 3.08. The minimum absolute atomic E-state index is 0.0361. The van der Waals surface area contributed by atoms with Crippen molar-refractivity contribution >= 4 is 43.2 Å². The highest BCUT2D eigenvalue weighted by molar-refractivity contribution is 7.89. The number of benzene rings is 2. The Kier molecular flexibility index (Phi) is 6.00. The molecule has 0 bridgehead atoms. The van der Waals surface area contributed by atoms with Gasteiger partial charge in [0.25, 0.3) is 5.91 Å². The zero-order valence-electron chi connectivity index (χ0n) is 17.5. The van der Waals surface area contributed by atoms with Crippen LogP contribution in [0.2, 0.25) is 0 Å². The quantitative estimate of drug-likeness (QED) is 0.629. The Balaban J connectivity index is 1.56. The fraction of sp³-hybridized carbons (Fsp3) is 0.364. The van der Waals surface area contributed by atoms with Gasteiger partial charge in [0.05, 0.1) is 15.1 Å². The minimum atomic E-state index is -3.63. The molecule has 3 aromatic rings. The van der Waals surface area contributed by atoms with Gasteiger partial charge in [-0.05, 0) is 62.1 Å². The van der Waals surface area contributed by atoms with Gasteiger partial charge in [-0.1, -0.05) is 24.3 Å². The predicted octanol–water partition coefficient (Wildman–Crippen LogP) is 3.76. The molecule has 164 valence electrons. The van der Waals surface area contributed by atoms with Crippen molar-refractivity contribution in [3.8, 4) is 0 Å². The molecule has 2 heterocycles. The number of nitrogens with zero attached hydrogens (tertiary/aromatic N) is 2. The van der Waals surface area contributed by atoms with Gasteiger partial charge in [0.15, 0.2) is 0 Å². The number of nitrogens with one attached hydrogen (secondary N) is 1. The number of piperidine rings is 1. The monoisotopic (exact) mass is 459 g/mol. The molecule has 0 spiro atoms. The number of hydrogen-bond acceptors (Lipinski definition) is 5. The Morgan fingerprint density at radius 2 is 1.90 bits per heavy atom. The number of carbonyl (C=O) groups excluding carboxylic acids is 1. The largest absolute Gasteiger partial charge is 0.322 e. The summed E-state index contributed by atoms with van der Waals surface area (Å²) in [4.78, 5) is 24.9. The number of fused-ring (bicyclic) bond motifs is 1. The van der Waals surface area contributed by atoms with Crippen molar-refractivity contribution in [2.45, 2.75) is 38.1 Å². The molecule has 0 radical (unpaired) electrons. The van der Waals surface area contributed by atoms with Crippen molar-refractivity contribution in [1.82, 2.24) is 8.87 Å². The standard InChI is InChI=1S/C22H25N3O4S2/c1-3-25-19-8-7-17(14-20(19)30-22(25)27)23-21(26)16-5-4-6-18(13-16)31(28,29)24-11-9-15(2)10-12-24/h4-8,13-15H,3,9-12H2,1-2H3,(H,23,26).